The molecule has 3 aromatic heterocycles. The number of rotatable bonds is 20. The molecule has 490 valence electrons. The van der Waals surface area contributed by atoms with Crippen molar-refractivity contribution in [2.24, 2.45) is 53.3 Å². The Balaban J connectivity index is 0.802. The van der Waals surface area contributed by atoms with E-state index in [-0.39, 0.29) is 84.5 Å². The zero-order chi connectivity index (χ0) is 66.2. The molecule has 6 unspecified atom stereocenters. The SMILES string of the molecule is CC1CC(c2cccc3c2nc(-c2ccc([N+](=O)[O-])cc2)n3CC(=O)O[C@@H]2CC(C)CCC2[C@H](C)Cc2ccc3c(c2)nc(-c2cccc(F)c2)n3CC(=O)O[C@@H]2CC(C)CC[C@H]2C(C)C)C(C(C)C)[C@H](OC(=O)Cn2c(-c3cccc([N+](=O)[O-])c3)nc3ccccc32)C1. The van der Waals surface area contributed by atoms with Crippen LogP contribution in [0.15, 0.2) is 133 Å². The second-order valence-corrected chi connectivity index (χ2v) is 27.9. The van der Waals surface area contributed by atoms with E-state index < -0.39 is 39.8 Å². The summed E-state index contributed by atoms with van der Waals surface area (Å²) < 4.78 is 39.9. The zero-order valence-electron chi connectivity index (χ0n) is 54.7. The summed E-state index contributed by atoms with van der Waals surface area (Å²) >= 11 is 0. The molecule has 3 fully saturated rings. The molecule has 11 atom stereocenters. The number of carbonyl (C=O) groups is 3. The van der Waals surface area contributed by atoms with Crippen molar-refractivity contribution < 1.29 is 42.8 Å². The Morgan fingerprint density at radius 1 is 0.521 bits per heavy atom. The number of nitrogens with zero attached hydrogens (tertiary/aromatic N) is 8. The number of esters is 3. The van der Waals surface area contributed by atoms with E-state index in [1.54, 1.807) is 41.0 Å². The van der Waals surface area contributed by atoms with Crippen molar-refractivity contribution in [2.45, 2.75) is 157 Å². The summed E-state index contributed by atoms with van der Waals surface area (Å²) in [6.45, 7) is 17.0. The molecule has 18 nitrogen and oxygen atoms in total. The fourth-order valence-corrected chi connectivity index (χ4v) is 15.9. The first-order valence-electron chi connectivity index (χ1n) is 33.4. The van der Waals surface area contributed by atoms with Crippen LogP contribution in [0.2, 0.25) is 0 Å². The molecule has 3 aliphatic rings. The summed E-state index contributed by atoms with van der Waals surface area (Å²) in [5.74, 6) is 1.05. The van der Waals surface area contributed by atoms with Crippen molar-refractivity contribution in [3.8, 4) is 34.2 Å². The molecule has 12 rings (SSSR count). The Kier molecular flexibility index (Phi) is 19.0. The summed E-state index contributed by atoms with van der Waals surface area (Å²) in [6.07, 6.45) is 6.42. The number of carbonyl (C=O) groups excluding carboxylic acids is 3. The van der Waals surface area contributed by atoms with Gasteiger partial charge >= 0.3 is 17.9 Å². The van der Waals surface area contributed by atoms with Crippen molar-refractivity contribution in [1.82, 2.24) is 28.7 Å². The van der Waals surface area contributed by atoms with E-state index in [2.05, 4.69) is 73.6 Å². The van der Waals surface area contributed by atoms with Crippen LogP contribution in [0.25, 0.3) is 67.3 Å². The molecular formula is C75H83FN8O10. The Morgan fingerprint density at radius 3 is 1.70 bits per heavy atom. The molecule has 0 saturated heterocycles. The van der Waals surface area contributed by atoms with E-state index in [1.807, 2.05) is 51.6 Å². The predicted octanol–water partition coefficient (Wildman–Crippen LogP) is 16.3. The van der Waals surface area contributed by atoms with Crippen LogP contribution in [0.1, 0.15) is 124 Å². The van der Waals surface area contributed by atoms with E-state index in [0.717, 1.165) is 55.2 Å². The molecule has 0 bridgehead atoms. The highest BCUT2D eigenvalue weighted by Gasteiger charge is 2.43. The van der Waals surface area contributed by atoms with Crippen LogP contribution >= 0.6 is 0 Å². The normalized spacial score (nSPS) is 22.8. The third kappa shape index (κ3) is 13.8. The van der Waals surface area contributed by atoms with Crippen LogP contribution in [0, 0.1) is 79.3 Å². The monoisotopic (exact) mass is 1270 g/mol. The second kappa shape index (κ2) is 27.4. The quantitative estimate of drug-likeness (QED) is 0.0300. The molecule has 0 radical (unpaired) electrons. The molecule has 3 saturated carbocycles. The van der Waals surface area contributed by atoms with Crippen LogP contribution in [-0.2, 0) is 54.6 Å². The van der Waals surface area contributed by atoms with Crippen molar-refractivity contribution in [3.63, 3.8) is 0 Å². The third-order valence-electron chi connectivity index (χ3n) is 20.4. The van der Waals surface area contributed by atoms with E-state index in [9.17, 15) is 39.0 Å². The molecule has 0 N–H and O–H groups in total. The van der Waals surface area contributed by atoms with E-state index in [4.69, 9.17) is 29.2 Å². The summed E-state index contributed by atoms with van der Waals surface area (Å²) in [5, 5.41) is 23.8. The number of halogens is 1. The average molecular weight is 1280 g/mol. The first-order chi connectivity index (χ1) is 45.1. The minimum atomic E-state index is -0.497. The lowest BCUT2D eigenvalue weighted by molar-refractivity contribution is -0.385. The van der Waals surface area contributed by atoms with E-state index in [1.165, 1.54) is 36.4 Å². The lowest BCUT2D eigenvalue weighted by Gasteiger charge is -2.43. The van der Waals surface area contributed by atoms with Crippen LogP contribution < -0.4 is 0 Å². The molecule has 0 aliphatic heterocycles. The maximum absolute atomic E-state index is 14.9. The highest BCUT2D eigenvalue weighted by molar-refractivity contribution is 5.88. The number of hydrogen-bond acceptors (Lipinski definition) is 13. The van der Waals surface area contributed by atoms with Gasteiger partial charge in [-0.05, 0) is 164 Å². The van der Waals surface area contributed by atoms with Gasteiger partial charge in [-0.15, -0.1) is 0 Å². The Labute approximate surface area is 546 Å². The van der Waals surface area contributed by atoms with Gasteiger partial charge in [-0.1, -0.05) is 123 Å². The van der Waals surface area contributed by atoms with Gasteiger partial charge in [0.1, 0.15) is 61.2 Å². The van der Waals surface area contributed by atoms with E-state index in [0.29, 0.717) is 98.8 Å². The van der Waals surface area contributed by atoms with Gasteiger partial charge in [-0.2, -0.15) is 0 Å². The van der Waals surface area contributed by atoms with Gasteiger partial charge in [0.15, 0.2) is 0 Å². The number of nitro groups is 2. The minimum Gasteiger partial charge on any atom is -0.461 e. The number of fused-ring (bicyclic) bond motifs is 3. The molecule has 0 spiro atoms. The fourth-order valence-electron chi connectivity index (χ4n) is 15.9. The first-order valence-corrected chi connectivity index (χ1v) is 33.4. The van der Waals surface area contributed by atoms with Crippen molar-refractivity contribution >= 4 is 62.4 Å². The molecule has 0 amide bonds. The zero-order valence-corrected chi connectivity index (χ0v) is 54.7. The molecule has 3 aliphatic carbocycles. The van der Waals surface area contributed by atoms with Gasteiger partial charge in [0, 0.05) is 46.9 Å². The smallest absolute Gasteiger partial charge is 0.326 e. The molecule has 6 aromatic carbocycles. The minimum absolute atomic E-state index is 0.0148. The van der Waals surface area contributed by atoms with Crippen molar-refractivity contribution in [3.05, 3.63) is 171 Å². The Bertz CT molecular complexity index is 4310. The topological polar surface area (TPSA) is 219 Å². The van der Waals surface area contributed by atoms with Crippen molar-refractivity contribution in [1.29, 1.82) is 0 Å². The van der Waals surface area contributed by atoms with E-state index >= 15 is 0 Å². The number of imidazole rings is 3. The van der Waals surface area contributed by atoms with Gasteiger partial charge in [0.2, 0.25) is 0 Å². The predicted molar refractivity (Wildman–Crippen MR) is 359 cm³/mol. The second-order valence-electron chi connectivity index (χ2n) is 27.9. The summed E-state index contributed by atoms with van der Waals surface area (Å²) in [6, 6.07) is 38.2. The first kappa shape index (κ1) is 65.0. The van der Waals surface area contributed by atoms with Gasteiger partial charge in [-0.3, -0.25) is 34.6 Å². The van der Waals surface area contributed by atoms with Gasteiger partial charge < -0.3 is 27.9 Å². The summed E-state index contributed by atoms with van der Waals surface area (Å²) in [7, 11) is 0. The third-order valence-corrected chi connectivity index (χ3v) is 20.4. The number of benzene rings is 6. The summed E-state index contributed by atoms with van der Waals surface area (Å²) in [4.78, 5) is 81.4. The van der Waals surface area contributed by atoms with Crippen LogP contribution in [-0.4, -0.2) is 74.7 Å². The lowest BCUT2D eigenvalue weighted by Crippen LogP contribution is -2.41. The van der Waals surface area contributed by atoms with Gasteiger partial charge in [-0.25, -0.2) is 19.3 Å². The van der Waals surface area contributed by atoms with Crippen molar-refractivity contribution in [2.75, 3.05) is 0 Å². The molecular weight excluding hydrogens is 1190 g/mol. The number of aromatic nitrogens is 6. The van der Waals surface area contributed by atoms with Crippen LogP contribution in [0.3, 0.4) is 0 Å². The fraction of sp³-hybridized carbons (Fsp3) is 0.440. The highest BCUT2D eigenvalue weighted by Crippen LogP contribution is 2.48. The number of para-hydroxylation sites is 3. The van der Waals surface area contributed by atoms with Gasteiger partial charge in [0.25, 0.3) is 11.4 Å². The number of ether oxygens (including phenoxy) is 3. The number of non-ortho nitro benzene ring substituents is 2. The largest absolute Gasteiger partial charge is 0.461 e. The highest BCUT2D eigenvalue weighted by atomic mass is 19.1. The van der Waals surface area contributed by atoms with Crippen LogP contribution in [0.5, 0.6) is 0 Å². The number of nitro benzene ring substituents is 2. The maximum atomic E-state index is 14.9. The van der Waals surface area contributed by atoms with Gasteiger partial charge in [0.05, 0.1) is 42.9 Å². The molecule has 94 heavy (non-hydrogen) atoms. The summed E-state index contributed by atoms with van der Waals surface area (Å²) in [5.41, 5.74) is 7.51. The Hall–Kier alpha value is -9.13. The molecule has 9 aromatic rings. The Morgan fingerprint density at radius 2 is 1.06 bits per heavy atom. The molecule has 19 heteroatoms. The molecule has 3 heterocycles. The lowest BCUT2D eigenvalue weighted by atomic mass is 9.66. The van der Waals surface area contributed by atoms with Crippen LogP contribution in [0.4, 0.5) is 15.8 Å². The number of hydrogen-bond donors (Lipinski definition) is 0. The maximum Gasteiger partial charge on any atom is 0.326 e. The standard InChI is InChI=1S/C75H83FN8O10/c1-43(2)56-29-22-45(5)33-65(56)92-68(85)40-81-63-31-24-49(37-61(63)78-74(81)51-14-11-16-53(76)38-51)36-48(8)57-30-23-46(6)34-66(57)93-69(86)42-82-64-21-13-18-58(72(64)79-73(82)50-25-27-54(28-26-50)83(88)89)59-32-47(7)35-67(71(59)44(3)4)94-70(87)41-80-62-20-10-9-19-60(62)77-75(80)52-15-12-17-55(39-52)84(90)91/h9-21,24-28,31,37-39,43-48,56-57,59,65-67,71H,22-23,29-30,32-36,40-42H2,1-8H3/t45?,46?,47?,48-,56+,57?,59?,65-,66-,67-,71?/m1/s1. The average Bonchev–Trinajstić information content (AvgIpc) is 1.48.